The van der Waals surface area contributed by atoms with Crippen LogP contribution in [0.4, 0.5) is 0 Å². The lowest BCUT2D eigenvalue weighted by molar-refractivity contribution is 0.334. The molecule has 0 spiro atoms. The van der Waals surface area contributed by atoms with Gasteiger partial charge in [0.15, 0.2) is 0 Å². The van der Waals surface area contributed by atoms with Crippen LogP contribution in [0.25, 0.3) is 0 Å². The number of rotatable bonds is 4. The first-order chi connectivity index (χ1) is 5.28. The summed E-state index contributed by atoms with van der Waals surface area (Å²) in [5, 5.41) is 8.82. The van der Waals surface area contributed by atoms with Crippen molar-refractivity contribution in [2.75, 3.05) is 6.61 Å². The molecule has 0 bridgehead atoms. The molecule has 0 rings (SSSR count). The molecule has 1 heteroatoms. The van der Waals surface area contributed by atoms with E-state index in [4.69, 9.17) is 5.11 Å². The van der Waals surface area contributed by atoms with Crippen molar-refractivity contribution in [1.82, 2.24) is 0 Å². The first kappa shape index (κ1) is 10.2. The van der Waals surface area contributed by atoms with Crippen LogP contribution < -0.4 is 0 Å². The maximum atomic E-state index is 8.82. The molecule has 62 valence electrons. The van der Waals surface area contributed by atoms with Gasteiger partial charge in [0.05, 0.1) is 6.61 Å². The third kappa shape index (κ3) is 3.79. The van der Waals surface area contributed by atoms with Gasteiger partial charge in [-0.2, -0.15) is 0 Å². The maximum absolute atomic E-state index is 8.82. The van der Waals surface area contributed by atoms with E-state index in [1.807, 2.05) is 25.2 Å². The lowest BCUT2D eigenvalue weighted by Gasteiger charge is -1.98. The SMILES string of the molecule is C=C/C(=C\C(=C/C)CO)CC. The van der Waals surface area contributed by atoms with Crippen LogP contribution in [-0.2, 0) is 0 Å². The first-order valence-electron chi connectivity index (χ1n) is 3.87. The predicted molar refractivity (Wildman–Crippen MR) is 49.4 cm³/mol. The van der Waals surface area contributed by atoms with Crippen molar-refractivity contribution in [1.29, 1.82) is 0 Å². The fraction of sp³-hybridized carbons (Fsp3) is 0.400. The molecule has 0 aromatic heterocycles. The zero-order chi connectivity index (χ0) is 8.69. The normalized spacial score (nSPS) is 13.4. The van der Waals surface area contributed by atoms with Crippen molar-refractivity contribution in [2.45, 2.75) is 20.3 Å². The molecule has 11 heavy (non-hydrogen) atoms. The van der Waals surface area contributed by atoms with Gasteiger partial charge in [0.2, 0.25) is 0 Å². The Morgan fingerprint density at radius 3 is 2.36 bits per heavy atom. The molecule has 0 atom stereocenters. The average Bonchev–Trinajstić information content (AvgIpc) is 2.07. The number of aliphatic hydroxyl groups is 1. The molecule has 0 aromatic carbocycles. The quantitative estimate of drug-likeness (QED) is 0.613. The highest BCUT2D eigenvalue weighted by Gasteiger charge is 1.90. The Morgan fingerprint density at radius 1 is 1.45 bits per heavy atom. The standard InChI is InChI=1S/C10H16O/c1-4-9(5-2)7-10(6-3)8-11/h4,6-7,11H,1,5,8H2,2-3H3/b9-7+,10-6+. The van der Waals surface area contributed by atoms with E-state index in [1.54, 1.807) is 0 Å². The van der Waals surface area contributed by atoms with Gasteiger partial charge in [0.1, 0.15) is 0 Å². The lowest BCUT2D eigenvalue weighted by atomic mass is 10.1. The molecule has 1 N–H and O–H groups in total. The highest BCUT2D eigenvalue weighted by molar-refractivity contribution is 5.28. The minimum atomic E-state index is 0.105. The largest absolute Gasteiger partial charge is 0.392 e. The summed E-state index contributed by atoms with van der Waals surface area (Å²) in [4.78, 5) is 0. The van der Waals surface area contributed by atoms with Crippen LogP contribution in [0.5, 0.6) is 0 Å². The van der Waals surface area contributed by atoms with Gasteiger partial charge in [0.25, 0.3) is 0 Å². The fourth-order valence-corrected chi connectivity index (χ4v) is 0.764. The molecule has 0 amide bonds. The van der Waals surface area contributed by atoms with Gasteiger partial charge in [-0.15, -0.1) is 0 Å². The first-order valence-corrected chi connectivity index (χ1v) is 3.87. The molecular formula is C10H16O. The molecule has 0 radical (unpaired) electrons. The third-order valence-electron chi connectivity index (χ3n) is 1.59. The Labute approximate surface area is 68.7 Å². The van der Waals surface area contributed by atoms with E-state index in [9.17, 15) is 0 Å². The molecule has 0 aliphatic rings. The van der Waals surface area contributed by atoms with E-state index < -0.39 is 0 Å². The molecule has 1 nitrogen and oxygen atoms in total. The van der Waals surface area contributed by atoms with Gasteiger partial charge in [-0.1, -0.05) is 31.7 Å². The summed E-state index contributed by atoms with van der Waals surface area (Å²) in [6.45, 7) is 7.76. The van der Waals surface area contributed by atoms with E-state index in [-0.39, 0.29) is 6.61 Å². The molecule has 0 saturated carbocycles. The van der Waals surface area contributed by atoms with Crippen LogP contribution in [0.1, 0.15) is 20.3 Å². The van der Waals surface area contributed by atoms with Gasteiger partial charge in [0, 0.05) is 0 Å². The van der Waals surface area contributed by atoms with Crippen LogP contribution in [0.3, 0.4) is 0 Å². The molecule has 0 fully saturated rings. The zero-order valence-electron chi connectivity index (χ0n) is 7.30. The van der Waals surface area contributed by atoms with E-state index in [1.165, 1.54) is 0 Å². The summed E-state index contributed by atoms with van der Waals surface area (Å²) in [7, 11) is 0. The predicted octanol–water partition coefficient (Wildman–Crippen LogP) is 2.45. The lowest BCUT2D eigenvalue weighted by Crippen LogP contribution is -1.86. The van der Waals surface area contributed by atoms with Gasteiger partial charge in [-0.25, -0.2) is 0 Å². The maximum Gasteiger partial charge on any atom is 0.0678 e. The monoisotopic (exact) mass is 152 g/mol. The second-order valence-electron chi connectivity index (χ2n) is 2.30. The summed E-state index contributed by atoms with van der Waals surface area (Å²) in [5.41, 5.74) is 2.11. The van der Waals surface area contributed by atoms with Crippen molar-refractivity contribution < 1.29 is 5.11 Å². The smallest absolute Gasteiger partial charge is 0.0678 e. The number of hydrogen-bond acceptors (Lipinski definition) is 1. The van der Waals surface area contributed by atoms with Gasteiger partial charge in [-0.05, 0) is 24.5 Å². The summed E-state index contributed by atoms with van der Waals surface area (Å²) < 4.78 is 0. The molecule has 0 aliphatic heterocycles. The third-order valence-corrected chi connectivity index (χ3v) is 1.59. The Balaban J connectivity index is 4.35. The molecule has 0 saturated heterocycles. The Morgan fingerprint density at radius 2 is 2.09 bits per heavy atom. The van der Waals surface area contributed by atoms with Crippen LogP contribution in [-0.4, -0.2) is 11.7 Å². The summed E-state index contributed by atoms with van der Waals surface area (Å²) in [6, 6.07) is 0. The van der Waals surface area contributed by atoms with Crippen LogP contribution >= 0.6 is 0 Å². The molecule has 0 heterocycles. The number of hydrogen-bond donors (Lipinski definition) is 1. The second kappa shape index (κ2) is 5.93. The molecular weight excluding hydrogens is 136 g/mol. The van der Waals surface area contributed by atoms with Crippen molar-refractivity contribution in [3.8, 4) is 0 Å². The van der Waals surface area contributed by atoms with Crippen molar-refractivity contribution in [2.24, 2.45) is 0 Å². The van der Waals surface area contributed by atoms with E-state index >= 15 is 0 Å². The van der Waals surface area contributed by atoms with Crippen LogP contribution in [0.2, 0.25) is 0 Å². The second-order valence-corrected chi connectivity index (χ2v) is 2.30. The van der Waals surface area contributed by atoms with Crippen LogP contribution in [0, 0.1) is 0 Å². The van der Waals surface area contributed by atoms with Crippen molar-refractivity contribution >= 4 is 0 Å². The molecule has 0 aromatic rings. The molecule has 0 aliphatic carbocycles. The topological polar surface area (TPSA) is 20.2 Å². The summed E-state index contributed by atoms with van der Waals surface area (Å²) in [6.07, 6.45) is 6.64. The Kier molecular flexibility index (Phi) is 5.49. The minimum absolute atomic E-state index is 0.105. The van der Waals surface area contributed by atoms with Crippen molar-refractivity contribution in [3.63, 3.8) is 0 Å². The minimum Gasteiger partial charge on any atom is -0.392 e. The fourth-order valence-electron chi connectivity index (χ4n) is 0.764. The highest BCUT2D eigenvalue weighted by atomic mass is 16.3. The van der Waals surface area contributed by atoms with Gasteiger partial charge < -0.3 is 5.11 Å². The molecule has 0 unspecified atom stereocenters. The van der Waals surface area contributed by atoms with E-state index in [0.717, 1.165) is 17.6 Å². The van der Waals surface area contributed by atoms with E-state index in [2.05, 4.69) is 13.5 Å². The summed E-state index contributed by atoms with van der Waals surface area (Å²) in [5.74, 6) is 0. The zero-order valence-corrected chi connectivity index (χ0v) is 7.30. The van der Waals surface area contributed by atoms with Gasteiger partial charge >= 0.3 is 0 Å². The van der Waals surface area contributed by atoms with Crippen LogP contribution in [0.15, 0.2) is 36.0 Å². The highest BCUT2D eigenvalue weighted by Crippen LogP contribution is 2.06. The summed E-state index contributed by atoms with van der Waals surface area (Å²) >= 11 is 0. The number of aliphatic hydroxyl groups excluding tert-OH is 1. The average molecular weight is 152 g/mol. The Hall–Kier alpha value is -0.820. The van der Waals surface area contributed by atoms with E-state index in [0.29, 0.717) is 0 Å². The van der Waals surface area contributed by atoms with Crippen molar-refractivity contribution in [3.05, 3.63) is 36.0 Å². The van der Waals surface area contributed by atoms with Gasteiger partial charge in [-0.3, -0.25) is 0 Å². The Bertz CT molecular complexity index is 175. The number of allylic oxidation sites excluding steroid dienone is 3.